The van der Waals surface area contributed by atoms with E-state index in [1.54, 1.807) is 0 Å². The number of hydrogen-bond donors (Lipinski definition) is 0. The summed E-state index contributed by atoms with van der Waals surface area (Å²) in [5.74, 6) is 3.75. The smallest absolute Gasteiger partial charge is 0.167 e. The van der Waals surface area contributed by atoms with Gasteiger partial charge in [0.1, 0.15) is 33.7 Å². The fraction of sp³-hybridized carbons (Fsp3) is 0.0833. The first-order valence-electron chi connectivity index (χ1n) is 22.9. The molecule has 3 atom stereocenters. The van der Waals surface area contributed by atoms with E-state index < -0.39 is 5.41 Å². The van der Waals surface area contributed by atoms with Crippen LogP contribution in [0.5, 0.6) is 0 Å². The molecule has 0 amide bonds. The third-order valence-electron chi connectivity index (χ3n) is 15.1. The fourth-order valence-corrected chi connectivity index (χ4v) is 12.3. The van der Waals surface area contributed by atoms with E-state index in [4.69, 9.17) is 28.2 Å². The Kier molecular flexibility index (Phi) is 6.62. The minimum Gasteiger partial charge on any atom is -0.460 e. The van der Waals surface area contributed by atoms with Crippen molar-refractivity contribution in [3.63, 3.8) is 0 Å². The molecule has 6 nitrogen and oxygen atoms in total. The summed E-state index contributed by atoms with van der Waals surface area (Å²) in [4.78, 5) is 16.4. The van der Waals surface area contributed by atoms with Gasteiger partial charge in [-0.25, -0.2) is 15.0 Å². The van der Waals surface area contributed by atoms with Crippen LogP contribution < -0.4 is 0 Å². The molecule has 0 N–H and O–H groups in total. The standard InChI is InChI=1S/C60H35N3O3/c1-5-24-45-39(16-1)51-41(21-12-26-47(51)60(45)46-25-6-2-17-40(46)52-48(60)30-29-38-34-15-4-8-28-50(34)65-56(38)52)57-61-58(42-22-10-19-35-33-14-3-7-27-49(33)64-53(35)42)63-59(62-57)43-23-11-20-36-37-18-9-13-32-31-44(32)55(37)66-54(36)43/h1-17,19-30,32,44H,18,31H2. The highest BCUT2D eigenvalue weighted by molar-refractivity contribution is 6.14. The summed E-state index contributed by atoms with van der Waals surface area (Å²) in [6.45, 7) is 0. The summed E-state index contributed by atoms with van der Waals surface area (Å²) in [5.41, 5.74) is 16.9. The molecular formula is C60H35N3O3. The summed E-state index contributed by atoms with van der Waals surface area (Å²) < 4.78 is 20.4. The number of allylic oxidation sites excluding steroid dienone is 2. The molecule has 1 saturated carbocycles. The Morgan fingerprint density at radius 1 is 0.409 bits per heavy atom. The van der Waals surface area contributed by atoms with Gasteiger partial charge in [0.15, 0.2) is 17.5 Å². The van der Waals surface area contributed by atoms with Crippen LogP contribution in [0, 0.1) is 5.92 Å². The van der Waals surface area contributed by atoms with Crippen molar-refractivity contribution in [1.82, 2.24) is 15.0 Å². The minimum absolute atomic E-state index is 0.419. The molecule has 0 saturated heterocycles. The van der Waals surface area contributed by atoms with Crippen LogP contribution in [0.2, 0.25) is 0 Å². The van der Waals surface area contributed by atoms with Gasteiger partial charge in [0.05, 0.1) is 16.5 Å². The molecule has 0 aliphatic heterocycles. The van der Waals surface area contributed by atoms with Crippen molar-refractivity contribution in [2.45, 2.75) is 24.2 Å². The van der Waals surface area contributed by atoms with Crippen molar-refractivity contribution >= 4 is 54.8 Å². The molecule has 4 aromatic heterocycles. The maximum Gasteiger partial charge on any atom is 0.167 e. The minimum atomic E-state index is -0.619. The largest absolute Gasteiger partial charge is 0.460 e. The highest BCUT2D eigenvalue weighted by atomic mass is 16.3. The topological polar surface area (TPSA) is 78.1 Å². The van der Waals surface area contributed by atoms with Gasteiger partial charge in [-0.15, -0.1) is 0 Å². The van der Waals surface area contributed by atoms with Gasteiger partial charge < -0.3 is 13.3 Å². The normalized spacial score (nSPS) is 18.5. The Bertz CT molecular complexity index is 4170. The molecule has 1 spiro atoms. The predicted octanol–water partition coefficient (Wildman–Crippen LogP) is 15.0. The van der Waals surface area contributed by atoms with Crippen LogP contribution in [-0.2, 0) is 11.8 Å². The molecule has 0 bridgehead atoms. The Balaban J connectivity index is 0.982. The van der Waals surface area contributed by atoms with E-state index in [1.807, 2.05) is 18.2 Å². The van der Waals surface area contributed by atoms with Gasteiger partial charge in [0.2, 0.25) is 0 Å². The highest BCUT2D eigenvalue weighted by Gasteiger charge is 2.53. The SMILES string of the molecule is C1=CC2CC2c2oc3c(-c4nc(-c5cccc6c5-c5ccccc5C65c6ccccc6-c6c5ccc5c6oc6ccccc65)nc(-c5cccc6c5oc5ccccc56)n4)cccc3c2C1. The molecule has 1 fully saturated rings. The molecule has 4 aliphatic rings. The van der Waals surface area contributed by atoms with E-state index in [-0.39, 0.29) is 0 Å². The summed E-state index contributed by atoms with van der Waals surface area (Å²) >= 11 is 0. The number of fused-ring (bicyclic) bond motifs is 22. The average molecular weight is 846 g/mol. The van der Waals surface area contributed by atoms with Crippen molar-refractivity contribution in [2.75, 3.05) is 0 Å². The van der Waals surface area contributed by atoms with Crippen LogP contribution >= 0.6 is 0 Å². The molecule has 308 valence electrons. The quantitative estimate of drug-likeness (QED) is 0.165. The monoisotopic (exact) mass is 845 g/mol. The van der Waals surface area contributed by atoms with E-state index in [1.165, 1.54) is 33.4 Å². The van der Waals surface area contributed by atoms with Gasteiger partial charge in [-0.3, -0.25) is 0 Å². The van der Waals surface area contributed by atoms with E-state index in [9.17, 15) is 0 Å². The first-order chi connectivity index (χ1) is 32.7. The number of para-hydroxylation sites is 4. The van der Waals surface area contributed by atoms with Crippen molar-refractivity contribution in [2.24, 2.45) is 5.92 Å². The van der Waals surface area contributed by atoms with Crippen LogP contribution in [0.4, 0.5) is 0 Å². The van der Waals surface area contributed by atoms with Gasteiger partial charge in [-0.05, 0) is 82.0 Å². The zero-order chi connectivity index (χ0) is 42.8. The second kappa shape index (κ2) is 12.5. The number of benzene rings is 8. The molecule has 12 aromatic rings. The number of nitrogens with zero attached hydrogens (tertiary/aromatic N) is 3. The zero-order valence-electron chi connectivity index (χ0n) is 35.4. The van der Waals surface area contributed by atoms with E-state index in [0.717, 1.165) is 107 Å². The maximum atomic E-state index is 6.94. The summed E-state index contributed by atoms with van der Waals surface area (Å²) in [5, 5.41) is 5.44. The lowest BCUT2D eigenvalue weighted by Gasteiger charge is -2.30. The molecule has 4 aliphatic carbocycles. The molecule has 6 heteroatoms. The first-order valence-corrected chi connectivity index (χ1v) is 22.9. The number of aromatic nitrogens is 3. The summed E-state index contributed by atoms with van der Waals surface area (Å²) in [7, 11) is 0. The number of hydrogen-bond acceptors (Lipinski definition) is 6. The molecule has 0 radical (unpaired) electrons. The van der Waals surface area contributed by atoms with Crippen LogP contribution in [-0.4, -0.2) is 15.0 Å². The molecular weight excluding hydrogens is 811 g/mol. The second-order valence-electron chi connectivity index (χ2n) is 18.4. The van der Waals surface area contributed by atoms with Crippen LogP contribution in [0.1, 0.15) is 45.9 Å². The molecule has 4 heterocycles. The van der Waals surface area contributed by atoms with Crippen LogP contribution in [0.15, 0.2) is 189 Å². The van der Waals surface area contributed by atoms with Gasteiger partial charge in [-0.1, -0.05) is 152 Å². The zero-order valence-corrected chi connectivity index (χ0v) is 35.4. The van der Waals surface area contributed by atoms with E-state index >= 15 is 0 Å². The van der Waals surface area contributed by atoms with Crippen molar-refractivity contribution in [3.05, 3.63) is 210 Å². The van der Waals surface area contributed by atoms with Gasteiger partial charge in [0.25, 0.3) is 0 Å². The predicted molar refractivity (Wildman–Crippen MR) is 260 cm³/mol. The summed E-state index contributed by atoms with van der Waals surface area (Å²) in [6, 6.07) is 58.2. The Labute approximate surface area is 377 Å². The third-order valence-corrected chi connectivity index (χ3v) is 15.1. The third kappa shape index (κ3) is 4.39. The molecule has 3 unspecified atom stereocenters. The van der Waals surface area contributed by atoms with Crippen molar-refractivity contribution < 1.29 is 13.3 Å². The van der Waals surface area contributed by atoms with E-state index in [0.29, 0.717) is 29.3 Å². The van der Waals surface area contributed by atoms with Crippen LogP contribution in [0.25, 0.3) is 111 Å². The molecule has 16 rings (SSSR count). The van der Waals surface area contributed by atoms with Crippen LogP contribution in [0.3, 0.4) is 0 Å². The molecule has 8 aromatic carbocycles. The fourth-order valence-electron chi connectivity index (χ4n) is 12.3. The number of rotatable bonds is 3. The molecule has 66 heavy (non-hydrogen) atoms. The number of furan rings is 3. The van der Waals surface area contributed by atoms with Gasteiger partial charge in [-0.2, -0.15) is 0 Å². The lowest BCUT2D eigenvalue weighted by atomic mass is 9.70. The van der Waals surface area contributed by atoms with E-state index in [2.05, 4.69) is 158 Å². The second-order valence-corrected chi connectivity index (χ2v) is 18.4. The van der Waals surface area contributed by atoms with Gasteiger partial charge >= 0.3 is 0 Å². The van der Waals surface area contributed by atoms with Crippen molar-refractivity contribution in [3.8, 4) is 56.4 Å². The lowest BCUT2D eigenvalue weighted by Crippen LogP contribution is -2.25. The Morgan fingerprint density at radius 3 is 1.67 bits per heavy atom. The maximum absolute atomic E-state index is 6.94. The highest BCUT2D eigenvalue weighted by Crippen LogP contribution is 2.65. The Hall–Kier alpha value is -8.35. The summed E-state index contributed by atoms with van der Waals surface area (Å²) in [6.07, 6.45) is 6.65. The first kappa shape index (κ1) is 35.1. The van der Waals surface area contributed by atoms with Crippen molar-refractivity contribution in [1.29, 1.82) is 0 Å². The lowest BCUT2D eigenvalue weighted by molar-refractivity contribution is 0.544. The van der Waals surface area contributed by atoms with Gasteiger partial charge in [0, 0.05) is 49.5 Å². The Morgan fingerprint density at radius 2 is 0.924 bits per heavy atom. The average Bonchev–Trinajstić information content (AvgIpc) is 3.62.